The maximum absolute atomic E-state index is 13.2. The average Bonchev–Trinajstić information content (AvgIpc) is 2.82. The first-order chi connectivity index (χ1) is 17.3. The highest BCUT2D eigenvalue weighted by Gasteiger charge is 2.36. The molecule has 7 nitrogen and oxygen atoms in total. The number of hydrogen-bond donors (Lipinski definition) is 1. The molecule has 0 bridgehead atoms. The predicted molar refractivity (Wildman–Crippen MR) is 139 cm³/mol. The third-order valence-electron chi connectivity index (χ3n) is 5.31. The van der Waals surface area contributed by atoms with Crippen LogP contribution in [-0.2, 0) is 16.2 Å². The molecule has 0 spiro atoms. The minimum Gasteiger partial charge on any atom is -0.490 e. The van der Waals surface area contributed by atoms with E-state index in [-0.39, 0.29) is 17.2 Å². The summed E-state index contributed by atoms with van der Waals surface area (Å²) in [5, 5.41) is 3.02. The number of barbiturate groups is 1. The van der Waals surface area contributed by atoms with Gasteiger partial charge in [0.1, 0.15) is 12.2 Å². The number of aryl methyl sites for hydroxylation is 1. The van der Waals surface area contributed by atoms with Crippen molar-refractivity contribution in [2.45, 2.75) is 20.5 Å². The molecule has 184 valence electrons. The normalized spacial score (nSPS) is 14.7. The Balaban J connectivity index is 1.65. The second-order valence-electron chi connectivity index (χ2n) is 7.97. The van der Waals surface area contributed by atoms with Crippen LogP contribution in [0, 0.1) is 6.92 Å². The second kappa shape index (κ2) is 10.8. The molecule has 0 aliphatic carbocycles. The van der Waals surface area contributed by atoms with Gasteiger partial charge in [-0.25, -0.2) is 9.69 Å². The second-order valence-corrected chi connectivity index (χ2v) is 8.82. The fraction of sp³-hybridized carbons (Fsp3) is 0.148. The molecule has 3 aromatic rings. The molecule has 0 saturated carbocycles. The number of ether oxygens (including phenoxy) is 2. The molecule has 0 radical (unpaired) electrons. The number of urea groups is 1. The maximum Gasteiger partial charge on any atom is 0.335 e. The van der Waals surface area contributed by atoms with Crippen LogP contribution >= 0.6 is 23.2 Å². The Labute approximate surface area is 218 Å². The van der Waals surface area contributed by atoms with Crippen LogP contribution in [0.15, 0.2) is 66.2 Å². The minimum atomic E-state index is -0.816. The zero-order valence-corrected chi connectivity index (χ0v) is 21.0. The fourth-order valence-electron chi connectivity index (χ4n) is 3.61. The Morgan fingerprint density at radius 1 is 0.972 bits per heavy atom. The summed E-state index contributed by atoms with van der Waals surface area (Å²) in [4.78, 5) is 39.1. The van der Waals surface area contributed by atoms with Gasteiger partial charge in [0.05, 0.1) is 17.3 Å². The Morgan fingerprint density at radius 2 is 1.72 bits per heavy atom. The number of carbonyl (C=O) groups excluding carboxylic acids is 3. The summed E-state index contributed by atoms with van der Waals surface area (Å²) in [7, 11) is 0. The molecule has 1 saturated heterocycles. The largest absolute Gasteiger partial charge is 0.490 e. The standard InChI is InChI=1S/C27H22Cl2N2O5/c1-3-35-23-14-18(13-22(29)24(23)36-15-17-5-4-6-19(28)11-17)12-21-25(32)30-27(34)31(26(21)33)20-9-7-16(2)8-10-20/h4-14H,3,15H2,1-2H3,(H,30,32,34)/b21-12+. The number of anilines is 1. The molecule has 1 fully saturated rings. The summed E-state index contributed by atoms with van der Waals surface area (Å²) >= 11 is 12.6. The van der Waals surface area contributed by atoms with Crippen molar-refractivity contribution in [1.29, 1.82) is 0 Å². The number of amides is 4. The van der Waals surface area contributed by atoms with Crippen molar-refractivity contribution in [2.75, 3.05) is 11.5 Å². The molecular formula is C27H22Cl2N2O5. The Hall–Kier alpha value is -3.81. The highest BCUT2D eigenvalue weighted by molar-refractivity contribution is 6.39. The monoisotopic (exact) mass is 524 g/mol. The van der Waals surface area contributed by atoms with Crippen molar-refractivity contribution >= 4 is 52.8 Å². The van der Waals surface area contributed by atoms with Crippen molar-refractivity contribution in [3.05, 3.63) is 93.0 Å². The lowest BCUT2D eigenvalue weighted by atomic mass is 10.1. The molecule has 4 rings (SSSR count). The van der Waals surface area contributed by atoms with Gasteiger partial charge in [0, 0.05) is 5.02 Å². The quantitative estimate of drug-likeness (QED) is 0.305. The van der Waals surface area contributed by atoms with E-state index in [0.717, 1.165) is 16.0 Å². The molecule has 36 heavy (non-hydrogen) atoms. The van der Waals surface area contributed by atoms with Crippen molar-refractivity contribution in [1.82, 2.24) is 5.32 Å². The lowest BCUT2D eigenvalue weighted by molar-refractivity contribution is -0.122. The van der Waals surface area contributed by atoms with Gasteiger partial charge in [0.25, 0.3) is 11.8 Å². The first-order valence-corrected chi connectivity index (χ1v) is 11.8. The van der Waals surface area contributed by atoms with Crippen LogP contribution in [0.2, 0.25) is 10.0 Å². The highest BCUT2D eigenvalue weighted by Crippen LogP contribution is 2.38. The van der Waals surface area contributed by atoms with Gasteiger partial charge >= 0.3 is 6.03 Å². The van der Waals surface area contributed by atoms with Crippen LogP contribution in [0.3, 0.4) is 0 Å². The van der Waals surface area contributed by atoms with Crippen LogP contribution < -0.4 is 19.7 Å². The zero-order chi connectivity index (χ0) is 25.8. The van der Waals surface area contributed by atoms with E-state index in [9.17, 15) is 14.4 Å². The van der Waals surface area contributed by atoms with E-state index < -0.39 is 17.8 Å². The first kappa shape index (κ1) is 25.3. The van der Waals surface area contributed by atoms with Gasteiger partial charge in [0.2, 0.25) is 0 Å². The van der Waals surface area contributed by atoms with Crippen LogP contribution in [-0.4, -0.2) is 24.5 Å². The lowest BCUT2D eigenvalue weighted by Gasteiger charge is -2.26. The molecular weight excluding hydrogens is 503 g/mol. The third kappa shape index (κ3) is 5.53. The predicted octanol–water partition coefficient (Wildman–Crippen LogP) is 5.95. The van der Waals surface area contributed by atoms with Crippen LogP contribution in [0.4, 0.5) is 10.5 Å². The van der Waals surface area contributed by atoms with Gasteiger partial charge in [-0.15, -0.1) is 0 Å². The Morgan fingerprint density at radius 3 is 2.42 bits per heavy atom. The van der Waals surface area contributed by atoms with E-state index in [1.807, 2.05) is 26.0 Å². The summed E-state index contributed by atoms with van der Waals surface area (Å²) in [5.74, 6) is -0.891. The summed E-state index contributed by atoms with van der Waals surface area (Å²) < 4.78 is 11.6. The third-order valence-corrected chi connectivity index (χ3v) is 5.82. The van der Waals surface area contributed by atoms with Gasteiger partial charge in [-0.2, -0.15) is 0 Å². The van der Waals surface area contributed by atoms with E-state index in [1.54, 1.807) is 48.5 Å². The van der Waals surface area contributed by atoms with Crippen LogP contribution in [0.1, 0.15) is 23.6 Å². The van der Waals surface area contributed by atoms with Crippen molar-refractivity contribution in [2.24, 2.45) is 0 Å². The summed E-state index contributed by atoms with van der Waals surface area (Å²) in [5.41, 5.74) is 2.36. The highest BCUT2D eigenvalue weighted by atomic mass is 35.5. The van der Waals surface area contributed by atoms with E-state index in [2.05, 4.69) is 5.32 Å². The lowest BCUT2D eigenvalue weighted by Crippen LogP contribution is -2.54. The molecule has 0 aromatic heterocycles. The van der Waals surface area contributed by atoms with Gasteiger partial charge in [-0.1, -0.05) is 53.0 Å². The Bertz CT molecular complexity index is 1370. The number of benzene rings is 3. The van der Waals surface area contributed by atoms with Gasteiger partial charge < -0.3 is 9.47 Å². The molecule has 4 amide bonds. The molecule has 1 heterocycles. The molecule has 1 N–H and O–H groups in total. The van der Waals surface area contributed by atoms with E-state index in [1.165, 1.54) is 6.08 Å². The number of rotatable bonds is 7. The molecule has 0 atom stereocenters. The molecule has 0 unspecified atom stereocenters. The molecule has 1 aliphatic heterocycles. The molecule has 3 aromatic carbocycles. The van der Waals surface area contributed by atoms with Crippen molar-refractivity contribution in [3.8, 4) is 11.5 Å². The first-order valence-electron chi connectivity index (χ1n) is 11.1. The van der Waals surface area contributed by atoms with Crippen molar-refractivity contribution < 1.29 is 23.9 Å². The smallest absolute Gasteiger partial charge is 0.335 e. The minimum absolute atomic E-state index is 0.204. The Kier molecular flexibility index (Phi) is 7.62. The fourth-order valence-corrected chi connectivity index (χ4v) is 4.10. The average molecular weight is 525 g/mol. The zero-order valence-electron chi connectivity index (χ0n) is 19.5. The van der Waals surface area contributed by atoms with Crippen LogP contribution in [0.25, 0.3) is 6.08 Å². The summed E-state index contributed by atoms with van der Waals surface area (Å²) in [6.45, 7) is 4.23. The van der Waals surface area contributed by atoms with E-state index >= 15 is 0 Å². The molecule has 9 heteroatoms. The molecule has 1 aliphatic rings. The van der Waals surface area contributed by atoms with Gasteiger partial charge in [0.15, 0.2) is 11.5 Å². The number of carbonyl (C=O) groups is 3. The SMILES string of the molecule is CCOc1cc(/C=C2\C(=O)NC(=O)N(c3ccc(C)cc3)C2=O)cc(Cl)c1OCc1cccc(Cl)c1. The number of hydrogen-bond acceptors (Lipinski definition) is 5. The maximum atomic E-state index is 13.2. The summed E-state index contributed by atoms with van der Waals surface area (Å²) in [6, 6.07) is 16.4. The topological polar surface area (TPSA) is 84.9 Å². The number of imide groups is 2. The van der Waals surface area contributed by atoms with Gasteiger partial charge in [-0.3, -0.25) is 14.9 Å². The van der Waals surface area contributed by atoms with Crippen molar-refractivity contribution in [3.63, 3.8) is 0 Å². The van der Waals surface area contributed by atoms with E-state index in [4.69, 9.17) is 32.7 Å². The van der Waals surface area contributed by atoms with Crippen LogP contribution in [0.5, 0.6) is 11.5 Å². The summed E-state index contributed by atoms with van der Waals surface area (Å²) in [6.07, 6.45) is 1.36. The number of nitrogens with zero attached hydrogens (tertiary/aromatic N) is 1. The number of nitrogens with one attached hydrogen (secondary N) is 1. The number of halogens is 2. The van der Waals surface area contributed by atoms with Gasteiger partial charge in [-0.05, 0) is 67.4 Å². The van der Waals surface area contributed by atoms with E-state index in [0.29, 0.717) is 34.4 Å².